The maximum absolute atomic E-state index is 11.8. The van der Waals surface area contributed by atoms with Crippen molar-refractivity contribution >= 4 is 23.1 Å². The first kappa shape index (κ1) is 18.9. The second-order valence-electron chi connectivity index (χ2n) is 7.03. The topological polar surface area (TPSA) is 94.8 Å². The van der Waals surface area contributed by atoms with E-state index in [0.29, 0.717) is 23.7 Å². The molecule has 2 amide bonds. The number of likely N-dealkylation sites (tertiary alicyclic amines) is 1. The van der Waals surface area contributed by atoms with Crippen LogP contribution in [0.5, 0.6) is 11.6 Å². The number of pyridine rings is 1. The second kappa shape index (κ2) is 8.24. The minimum absolute atomic E-state index is 0.0154. The molecule has 1 fully saturated rings. The number of hydrogen-bond acceptors (Lipinski definition) is 5. The number of hydrogen-bond donors (Lipinski definition) is 1. The molecule has 144 valence electrons. The summed E-state index contributed by atoms with van der Waals surface area (Å²) in [7, 11) is 0. The Balaban J connectivity index is 1.93. The number of primary amides is 1. The van der Waals surface area contributed by atoms with Crippen molar-refractivity contribution in [2.45, 2.75) is 45.3 Å². The van der Waals surface area contributed by atoms with Crippen LogP contribution in [0, 0.1) is 0 Å². The zero-order chi connectivity index (χ0) is 19.4. The lowest BCUT2D eigenvalue weighted by Gasteiger charge is -2.19. The van der Waals surface area contributed by atoms with Crippen LogP contribution in [0.1, 0.15) is 43.5 Å². The Hall–Kier alpha value is -2.83. The Kier molecular flexibility index (Phi) is 5.78. The zero-order valence-electron chi connectivity index (χ0n) is 15.7. The molecule has 1 aromatic carbocycles. The van der Waals surface area contributed by atoms with E-state index in [-0.39, 0.29) is 12.2 Å². The third kappa shape index (κ3) is 4.48. The molecule has 27 heavy (non-hydrogen) atoms. The van der Waals surface area contributed by atoms with Crippen LogP contribution in [-0.4, -0.2) is 47.5 Å². The Bertz CT molecular complexity index is 837. The number of fused-ring (bicyclic) bond motifs is 1. The van der Waals surface area contributed by atoms with Gasteiger partial charge >= 0.3 is 0 Å². The van der Waals surface area contributed by atoms with Crippen molar-refractivity contribution < 1.29 is 19.1 Å². The summed E-state index contributed by atoms with van der Waals surface area (Å²) in [6, 6.07) is 5.30. The first-order chi connectivity index (χ1) is 13.0. The smallest absolute Gasteiger partial charge is 0.252 e. The highest BCUT2D eigenvalue weighted by Crippen LogP contribution is 2.32. The zero-order valence-corrected chi connectivity index (χ0v) is 15.7. The molecular formula is C20H25N3O4. The van der Waals surface area contributed by atoms with E-state index in [1.165, 1.54) is 0 Å². The number of carbonyl (C=O) groups excluding carboxylic acids is 2. The number of benzene rings is 1. The monoisotopic (exact) mass is 371 g/mol. The molecule has 0 saturated carbocycles. The van der Waals surface area contributed by atoms with E-state index in [4.69, 9.17) is 15.2 Å². The molecule has 1 saturated heterocycles. The van der Waals surface area contributed by atoms with Gasteiger partial charge in [-0.2, -0.15) is 0 Å². The molecule has 0 spiro atoms. The average molecular weight is 371 g/mol. The molecular weight excluding hydrogens is 346 g/mol. The summed E-state index contributed by atoms with van der Waals surface area (Å²) in [6.07, 6.45) is 4.93. The predicted octanol–water partition coefficient (Wildman–Crippen LogP) is 2.51. The summed E-state index contributed by atoms with van der Waals surface area (Å²) in [6.45, 7) is 5.20. The highest BCUT2D eigenvalue weighted by atomic mass is 16.5. The molecule has 7 nitrogen and oxygen atoms in total. The largest absolute Gasteiger partial charge is 0.490 e. The third-order valence-electron chi connectivity index (χ3n) is 4.59. The normalized spacial score (nSPS) is 17.6. The van der Waals surface area contributed by atoms with Crippen molar-refractivity contribution in [2.24, 2.45) is 5.73 Å². The maximum Gasteiger partial charge on any atom is 0.252 e. The lowest BCUT2D eigenvalue weighted by atomic mass is 10.1. The third-order valence-corrected chi connectivity index (χ3v) is 4.59. The van der Waals surface area contributed by atoms with E-state index >= 15 is 0 Å². The quantitative estimate of drug-likeness (QED) is 0.787. The SMILES string of the molecule is CC(C)Oc1cc2c(OC3CCCN(C=O)CC3)nccc2cc1C(N)=O. The molecule has 0 bridgehead atoms. The lowest BCUT2D eigenvalue weighted by molar-refractivity contribution is -0.118. The Morgan fingerprint density at radius 2 is 2.15 bits per heavy atom. The standard InChI is InChI=1S/C20H25N3O4/c1-13(2)26-18-11-16-14(10-17(18)19(21)25)5-7-22-20(16)27-15-4-3-8-23(12-24)9-6-15/h5,7,10-13,15H,3-4,6,8-9H2,1-2H3,(H2,21,25). The van der Waals surface area contributed by atoms with Crippen molar-refractivity contribution in [1.29, 1.82) is 0 Å². The summed E-state index contributed by atoms with van der Waals surface area (Å²) in [5.74, 6) is 0.391. The minimum Gasteiger partial charge on any atom is -0.490 e. The van der Waals surface area contributed by atoms with E-state index in [2.05, 4.69) is 4.98 Å². The number of nitrogens with zero attached hydrogens (tertiary/aromatic N) is 2. The van der Waals surface area contributed by atoms with E-state index < -0.39 is 5.91 Å². The van der Waals surface area contributed by atoms with Crippen LogP contribution in [0.25, 0.3) is 10.8 Å². The van der Waals surface area contributed by atoms with Gasteiger partial charge in [-0.1, -0.05) is 0 Å². The van der Waals surface area contributed by atoms with Gasteiger partial charge in [-0.05, 0) is 50.3 Å². The summed E-state index contributed by atoms with van der Waals surface area (Å²) < 4.78 is 12.0. The van der Waals surface area contributed by atoms with Gasteiger partial charge in [0.25, 0.3) is 5.91 Å². The molecule has 2 aromatic rings. The Labute approximate surface area is 158 Å². The predicted molar refractivity (Wildman–Crippen MR) is 102 cm³/mol. The lowest BCUT2D eigenvalue weighted by Crippen LogP contribution is -2.24. The Morgan fingerprint density at radius 1 is 1.33 bits per heavy atom. The number of nitrogens with two attached hydrogens (primary N) is 1. The highest BCUT2D eigenvalue weighted by Gasteiger charge is 2.20. The number of ether oxygens (including phenoxy) is 2. The summed E-state index contributed by atoms with van der Waals surface area (Å²) in [4.78, 5) is 29.0. The molecule has 7 heteroatoms. The first-order valence-corrected chi connectivity index (χ1v) is 9.23. The van der Waals surface area contributed by atoms with E-state index in [9.17, 15) is 9.59 Å². The van der Waals surface area contributed by atoms with Gasteiger partial charge in [-0.3, -0.25) is 9.59 Å². The van der Waals surface area contributed by atoms with Crippen LogP contribution in [0.3, 0.4) is 0 Å². The summed E-state index contributed by atoms with van der Waals surface area (Å²) in [5.41, 5.74) is 5.85. The molecule has 1 aromatic heterocycles. The maximum atomic E-state index is 11.8. The molecule has 1 aliphatic heterocycles. The van der Waals surface area contributed by atoms with Gasteiger partial charge in [0.1, 0.15) is 11.9 Å². The van der Waals surface area contributed by atoms with Crippen molar-refractivity contribution in [3.05, 3.63) is 30.0 Å². The van der Waals surface area contributed by atoms with Crippen LogP contribution in [0.4, 0.5) is 0 Å². The molecule has 1 atom stereocenters. The molecule has 2 N–H and O–H groups in total. The van der Waals surface area contributed by atoms with Crippen LogP contribution in [0.15, 0.2) is 24.4 Å². The van der Waals surface area contributed by atoms with Gasteiger partial charge in [0.15, 0.2) is 0 Å². The average Bonchev–Trinajstić information content (AvgIpc) is 2.86. The molecule has 1 aliphatic rings. The highest BCUT2D eigenvalue weighted by molar-refractivity contribution is 6.01. The summed E-state index contributed by atoms with van der Waals surface area (Å²) >= 11 is 0. The second-order valence-corrected chi connectivity index (χ2v) is 7.03. The van der Waals surface area contributed by atoms with Crippen LogP contribution in [-0.2, 0) is 4.79 Å². The molecule has 1 unspecified atom stereocenters. The van der Waals surface area contributed by atoms with Crippen molar-refractivity contribution in [2.75, 3.05) is 13.1 Å². The van der Waals surface area contributed by atoms with Gasteiger partial charge in [-0.15, -0.1) is 0 Å². The van der Waals surface area contributed by atoms with Gasteiger partial charge in [0.05, 0.1) is 11.7 Å². The van der Waals surface area contributed by atoms with Crippen molar-refractivity contribution in [3.8, 4) is 11.6 Å². The molecule has 3 rings (SSSR count). The van der Waals surface area contributed by atoms with Gasteiger partial charge in [0, 0.05) is 31.1 Å². The number of rotatable bonds is 6. The van der Waals surface area contributed by atoms with Gasteiger partial charge in [-0.25, -0.2) is 4.98 Å². The molecule has 0 aliphatic carbocycles. The number of aromatic nitrogens is 1. The fourth-order valence-corrected chi connectivity index (χ4v) is 3.28. The van der Waals surface area contributed by atoms with E-state index in [1.54, 1.807) is 23.2 Å². The fraction of sp³-hybridized carbons (Fsp3) is 0.450. The minimum atomic E-state index is -0.537. The van der Waals surface area contributed by atoms with Crippen LogP contribution in [0.2, 0.25) is 0 Å². The van der Waals surface area contributed by atoms with E-state index in [0.717, 1.165) is 43.0 Å². The van der Waals surface area contributed by atoms with Crippen molar-refractivity contribution in [3.63, 3.8) is 0 Å². The van der Waals surface area contributed by atoms with Crippen LogP contribution >= 0.6 is 0 Å². The Morgan fingerprint density at radius 3 is 2.85 bits per heavy atom. The van der Waals surface area contributed by atoms with Gasteiger partial charge < -0.3 is 20.1 Å². The van der Waals surface area contributed by atoms with Gasteiger partial charge in [0.2, 0.25) is 12.3 Å². The fourth-order valence-electron chi connectivity index (χ4n) is 3.28. The first-order valence-electron chi connectivity index (χ1n) is 9.23. The molecule has 2 heterocycles. The summed E-state index contributed by atoms with van der Waals surface area (Å²) in [5, 5.41) is 1.59. The van der Waals surface area contributed by atoms with Crippen LogP contribution < -0.4 is 15.2 Å². The van der Waals surface area contributed by atoms with E-state index in [1.807, 2.05) is 19.9 Å². The number of carbonyl (C=O) groups is 2. The number of amides is 2. The molecule has 0 radical (unpaired) electrons. The van der Waals surface area contributed by atoms with Crippen molar-refractivity contribution in [1.82, 2.24) is 9.88 Å².